The van der Waals surface area contributed by atoms with Gasteiger partial charge in [-0.1, -0.05) is 38.5 Å². The molecule has 0 bridgehead atoms. The predicted molar refractivity (Wildman–Crippen MR) is 85.6 cm³/mol. The van der Waals surface area contributed by atoms with Crippen LogP contribution in [0, 0.1) is 0 Å². The number of rotatable bonds is 9. The van der Waals surface area contributed by atoms with Gasteiger partial charge in [-0.2, -0.15) is 0 Å². The standard InChI is InChI=1S/C16H26N2O2S/c1-3-7-14(4-2)18-21(19,20)16-9-6-5-8-13(16)12-17-15-10-11-15/h5-6,8-9,14-15,17-18H,3-4,7,10-12H2,1-2H3. The van der Waals surface area contributed by atoms with E-state index in [4.69, 9.17) is 0 Å². The van der Waals surface area contributed by atoms with E-state index in [9.17, 15) is 8.42 Å². The minimum absolute atomic E-state index is 0.0180. The van der Waals surface area contributed by atoms with Crippen LogP contribution in [0.4, 0.5) is 0 Å². The third-order valence-corrected chi connectivity index (χ3v) is 5.49. The maximum atomic E-state index is 12.6. The molecule has 1 fully saturated rings. The van der Waals surface area contributed by atoms with Crippen LogP contribution < -0.4 is 10.0 Å². The van der Waals surface area contributed by atoms with Crippen molar-refractivity contribution in [2.24, 2.45) is 0 Å². The van der Waals surface area contributed by atoms with Crippen LogP contribution in [0.2, 0.25) is 0 Å². The fourth-order valence-corrected chi connectivity index (χ4v) is 4.02. The summed E-state index contributed by atoms with van der Waals surface area (Å²) < 4.78 is 28.1. The number of hydrogen-bond donors (Lipinski definition) is 2. The molecule has 0 saturated heterocycles. The molecule has 2 rings (SSSR count). The minimum Gasteiger partial charge on any atom is -0.310 e. The second kappa shape index (κ2) is 7.38. The normalized spacial score (nSPS) is 16.9. The van der Waals surface area contributed by atoms with Gasteiger partial charge in [-0.3, -0.25) is 0 Å². The van der Waals surface area contributed by atoms with Crippen LogP contribution in [0.1, 0.15) is 51.5 Å². The monoisotopic (exact) mass is 310 g/mol. The van der Waals surface area contributed by atoms with Gasteiger partial charge >= 0.3 is 0 Å². The van der Waals surface area contributed by atoms with Crippen LogP contribution in [-0.4, -0.2) is 20.5 Å². The van der Waals surface area contributed by atoms with Gasteiger partial charge in [0, 0.05) is 18.6 Å². The van der Waals surface area contributed by atoms with Crippen molar-refractivity contribution in [2.75, 3.05) is 0 Å². The second-order valence-electron chi connectivity index (χ2n) is 5.78. The van der Waals surface area contributed by atoms with Gasteiger partial charge in [0.15, 0.2) is 0 Å². The van der Waals surface area contributed by atoms with Gasteiger partial charge < -0.3 is 5.32 Å². The smallest absolute Gasteiger partial charge is 0.241 e. The van der Waals surface area contributed by atoms with E-state index in [1.54, 1.807) is 12.1 Å². The van der Waals surface area contributed by atoms with Crippen LogP contribution in [0.15, 0.2) is 29.2 Å². The zero-order valence-corrected chi connectivity index (χ0v) is 13.7. The summed E-state index contributed by atoms with van der Waals surface area (Å²) in [5.41, 5.74) is 0.850. The summed E-state index contributed by atoms with van der Waals surface area (Å²) in [7, 11) is -3.44. The fourth-order valence-electron chi connectivity index (χ4n) is 2.43. The zero-order chi connectivity index (χ0) is 15.3. The molecule has 0 aliphatic heterocycles. The van der Waals surface area contributed by atoms with Gasteiger partial charge in [0.25, 0.3) is 0 Å². The molecule has 1 unspecified atom stereocenters. The molecule has 118 valence electrons. The number of sulfonamides is 1. The van der Waals surface area contributed by atoms with Crippen molar-refractivity contribution < 1.29 is 8.42 Å². The summed E-state index contributed by atoms with van der Waals surface area (Å²) in [5, 5.41) is 3.39. The van der Waals surface area contributed by atoms with Crippen LogP contribution in [0.25, 0.3) is 0 Å². The average Bonchev–Trinajstić information content (AvgIpc) is 3.29. The maximum Gasteiger partial charge on any atom is 0.241 e. The van der Waals surface area contributed by atoms with E-state index in [-0.39, 0.29) is 6.04 Å². The molecule has 1 aliphatic carbocycles. The largest absolute Gasteiger partial charge is 0.310 e. The molecule has 21 heavy (non-hydrogen) atoms. The van der Waals surface area contributed by atoms with E-state index in [1.807, 2.05) is 19.1 Å². The van der Waals surface area contributed by atoms with Gasteiger partial charge in [-0.05, 0) is 37.3 Å². The lowest BCUT2D eigenvalue weighted by Gasteiger charge is -2.18. The average molecular weight is 310 g/mol. The second-order valence-corrected chi connectivity index (χ2v) is 7.46. The minimum atomic E-state index is -3.44. The van der Waals surface area contributed by atoms with Gasteiger partial charge in [-0.15, -0.1) is 0 Å². The Bertz CT molecular complexity index is 553. The molecule has 1 atom stereocenters. The molecule has 1 aromatic carbocycles. The van der Waals surface area contributed by atoms with E-state index >= 15 is 0 Å². The van der Waals surface area contributed by atoms with Gasteiger partial charge in [-0.25, -0.2) is 13.1 Å². The molecular formula is C16H26N2O2S. The fraction of sp³-hybridized carbons (Fsp3) is 0.625. The molecule has 0 heterocycles. The van der Waals surface area contributed by atoms with E-state index in [0.717, 1.165) is 24.8 Å². The van der Waals surface area contributed by atoms with Gasteiger partial charge in [0.2, 0.25) is 10.0 Å². The van der Waals surface area contributed by atoms with Crippen molar-refractivity contribution in [3.05, 3.63) is 29.8 Å². The Morgan fingerprint density at radius 1 is 1.24 bits per heavy atom. The highest BCUT2D eigenvalue weighted by Crippen LogP contribution is 2.21. The molecule has 0 amide bonds. The number of hydrogen-bond acceptors (Lipinski definition) is 3. The molecule has 1 aromatic rings. The Balaban J connectivity index is 2.13. The summed E-state index contributed by atoms with van der Waals surface area (Å²) in [4.78, 5) is 0.410. The van der Waals surface area contributed by atoms with E-state index in [0.29, 0.717) is 17.5 Å². The topological polar surface area (TPSA) is 58.2 Å². The lowest BCUT2D eigenvalue weighted by molar-refractivity contribution is 0.511. The van der Waals surface area contributed by atoms with Crippen molar-refractivity contribution in [2.45, 2.75) is 69.5 Å². The van der Waals surface area contributed by atoms with Crippen LogP contribution in [0.3, 0.4) is 0 Å². The van der Waals surface area contributed by atoms with Crippen molar-refractivity contribution in [3.8, 4) is 0 Å². The molecule has 2 N–H and O–H groups in total. The first-order valence-electron chi connectivity index (χ1n) is 7.90. The Labute approximate surface area is 128 Å². The first-order valence-corrected chi connectivity index (χ1v) is 9.38. The van der Waals surface area contributed by atoms with Crippen molar-refractivity contribution in [1.29, 1.82) is 0 Å². The van der Waals surface area contributed by atoms with Gasteiger partial charge in [0.05, 0.1) is 4.90 Å². The summed E-state index contributed by atoms with van der Waals surface area (Å²) in [5.74, 6) is 0. The Hall–Kier alpha value is -0.910. The summed E-state index contributed by atoms with van der Waals surface area (Å²) >= 11 is 0. The lowest BCUT2D eigenvalue weighted by Crippen LogP contribution is -2.35. The highest BCUT2D eigenvalue weighted by atomic mass is 32.2. The molecule has 0 radical (unpaired) electrons. The molecule has 5 heteroatoms. The van der Waals surface area contributed by atoms with Crippen molar-refractivity contribution in [1.82, 2.24) is 10.0 Å². The summed E-state index contributed by atoms with van der Waals surface area (Å²) in [6, 6.07) is 7.86. The molecule has 1 aliphatic rings. The molecule has 0 aromatic heterocycles. The van der Waals surface area contributed by atoms with Crippen LogP contribution >= 0.6 is 0 Å². The van der Waals surface area contributed by atoms with Crippen molar-refractivity contribution >= 4 is 10.0 Å². The Kier molecular flexibility index (Phi) is 5.79. The third kappa shape index (κ3) is 4.80. The highest BCUT2D eigenvalue weighted by Gasteiger charge is 2.24. The quantitative estimate of drug-likeness (QED) is 0.737. The third-order valence-electron chi connectivity index (χ3n) is 3.87. The lowest BCUT2D eigenvalue weighted by atomic mass is 10.1. The zero-order valence-electron chi connectivity index (χ0n) is 12.9. The van der Waals surface area contributed by atoms with Gasteiger partial charge in [0.1, 0.15) is 0 Å². The summed E-state index contributed by atoms with van der Waals surface area (Å²) in [6.07, 6.45) is 5.06. The molecular weight excluding hydrogens is 284 g/mol. The molecule has 4 nitrogen and oxygen atoms in total. The predicted octanol–water partition coefficient (Wildman–Crippen LogP) is 2.80. The van der Waals surface area contributed by atoms with E-state index in [2.05, 4.69) is 17.0 Å². The SMILES string of the molecule is CCCC(CC)NS(=O)(=O)c1ccccc1CNC1CC1. The Morgan fingerprint density at radius 2 is 1.95 bits per heavy atom. The highest BCUT2D eigenvalue weighted by molar-refractivity contribution is 7.89. The summed E-state index contributed by atoms with van der Waals surface area (Å²) in [6.45, 7) is 4.71. The Morgan fingerprint density at radius 3 is 2.57 bits per heavy atom. The van der Waals surface area contributed by atoms with Crippen molar-refractivity contribution in [3.63, 3.8) is 0 Å². The maximum absolute atomic E-state index is 12.6. The molecule has 0 spiro atoms. The first kappa shape index (κ1) is 16.5. The van der Waals surface area contributed by atoms with Crippen LogP contribution in [-0.2, 0) is 16.6 Å². The molecule has 1 saturated carbocycles. The van der Waals surface area contributed by atoms with E-state index < -0.39 is 10.0 Å². The number of benzene rings is 1. The first-order chi connectivity index (χ1) is 10.1. The van der Waals surface area contributed by atoms with E-state index in [1.165, 1.54) is 12.8 Å². The van der Waals surface area contributed by atoms with Crippen LogP contribution in [0.5, 0.6) is 0 Å². The number of nitrogens with one attached hydrogen (secondary N) is 2.